The van der Waals surface area contributed by atoms with E-state index in [4.69, 9.17) is 19.5 Å². The molecule has 0 saturated carbocycles. The standard InChI is InChI=1S/C20H21FN4O3/c1-13(19-17(21)11-18-20(24-19)27-9-8-26-18)25-6-3-15(4-7-25)28-16-2-5-23-14(10-16)12-22/h2,5,10-11,13,15H,3-4,6-9H2,1H3. The molecule has 2 aliphatic heterocycles. The lowest BCUT2D eigenvalue weighted by Crippen LogP contribution is -2.40. The zero-order valence-corrected chi connectivity index (χ0v) is 15.6. The average molecular weight is 384 g/mol. The second-order valence-corrected chi connectivity index (χ2v) is 6.87. The Morgan fingerprint density at radius 1 is 1.29 bits per heavy atom. The Labute approximate surface area is 162 Å². The second-order valence-electron chi connectivity index (χ2n) is 6.87. The van der Waals surface area contributed by atoms with Gasteiger partial charge >= 0.3 is 0 Å². The normalized spacial score (nSPS) is 18.3. The maximum absolute atomic E-state index is 14.5. The van der Waals surface area contributed by atoms with Crippen LogP contribution in [0.25, 0.3) is 0 Å². The molecule has 1 fully saturated rings. The molecule has 4 rings (SSSR count). The Hall–Kier alpha value is -2.92. The number of piperidine rings is 1. The van der Waals surface area contributed by atoms with E-state index >= 15 is 0 Å². The Bertz CT molecular complexity index is 894. The number of halogens is 1. The molecule has 146 valence electrons. The summed E-state index contributed by atoms with van der Waals surface area (Å²) in [5.41, 5.74) is 0.708. The molecule has 1 unspecified atom stereocenters. The van der Waals surface area contributed by atoms with Crippen molar-refractivity contribution in [3.63, 3.8) is 0 Å². The first kappa shape index (κ1) is 18.4. The van der Waals surface area contributed by atoms with Crippen LogP contribution >= 0.6 is 0 Å². The highest BCUT2D eigenvalue weighted by Gasteiger charge is 2.28. The van der Waals surface area contributed by atoms with E-state index in [0.717, 1.165) is 25.9 Å². The zero-order valence-electron chi connectivity index (χ0n) is 15.6. The van der Waals surface area contributed by atoms with Gasteiger partial charge in [-0.05, 0) is 25.8 Å². The predicted molar refractivity (Wildman–Crippen MR) is 97.8 cm³/mol. The van der Waals surface area contributed by atoms with Crippen LogP contribution in [0.1, 0.15) is 37.2 Å². The molecule has 1 atom stereocenters. The summed E-state index contributed by atoms with van der Waals surface area (Å²) in [6.45, 7) is 4.30. The van der Waals surface area contributed by atoms with Crippen molar-refractivity contribution in [2.45, 2.75) is 31.9 Å². The van der Waals surface area contributed by atoms with Gasteiger partial charge in [-0.25, -0.2) is 14.4 Å². The molecule has 8 heteroatoms. The number of nitriles is 1. The van der Waals surface area contributed by atoms with Crippen LogP contribution in [0.2, 0.25) is 0 Å². The van der Waals surface area contributed by atoms with Crippen LogP contribution in [0.4, 0.5) is 4.39 Å². The van der Waals surface area contributed by atoms with Gasteiger partial charge in [0.2, 0.25) is 0 Å². The molecule has 4 heterocycles. The topological polar surface area (TPSA) is 80.5 Å². The van der Waals surface area contributed by atoms with Crippen molar-refractivity contribution in [3.05, 3.63) is 41.6 Å². The van der Waals surface area contributed by atoms with Crippen LogP contribution in [0.5, 0.6) is 17.4 Å². The lowest BCUT2D eigenvalue weighted by molar-refractivity contribution is 0.0768. The minimum absolute atomic E-state index is 0.0514. The van der Waals surface area contributed by atoms with Crippen LogP contribution in [0.3, 0.4) is 0 Å². The monoisotopic (exact) mass is 384 g/mol. The van der Waals surface area contributed by atoms with Gasteiger partial charge in [0.15, 0.2) is 5.75 Å². The minimum atomic E-state index is -0.379. The summed E-state index contributed by atoms with van der Waals surface area (Å²) in [5, 5.41) is 8.94. The lowest BCUT2D eigenvalue weighted by atomic mass is 10.0. The van der Waals surface area contributed by atoms with Gasteiger partial charge in [-0.2, -0.15) is 5.26 Å². The quantitative estimate of drug-likeness (QED) is 0.802. The first-order valence-electron chi connectivity index (χ1n) is 9.37. The molecule has 0 amide bonds. The van der Waals surface area contributed by atoms with E-state index in [0.29, 0.717) is 42.0 Å². The van der Waals surface area contributed by atoms with Crippen molar-refractivity contribution in [2.75, 3.05) is 26.3 Å². The molecule has 1 saturated heterocycles. The van der Waals surface area contributed by atoms with E-state index in [-0.39, 0.29) is 18.0 Å². The fourth-order valence-corrected chi connectivity index (χ4v) is 3.55. The van der Waals surface area contributed by atoms with Gasteiger partial charge in [0, 0.05) is 31.4 Å². The van der Waals surface area contributed by atoms with Gasteiger partial charge in [-0.15, -0.1) is 0 Å². The fourth-order valence-electron chi connectivity index (χ4n) is 3.55. The van der Waals surface area contributed by atoms with Crippen LogP contribution < -0.4 is 14.2 Å². The number of aromatic nitrogens is 2. The van der Waals surface area contributed by atoms with E-state index in [2.05, 4.69) is 14.9 Å². The first-order chi connectivity index (χ1) is 13.6. The Kier molecular flexibility index (Phi) is 5.26. The number of hydrogen-bond acceptors (Lipinski definition) is 7. The summed E-state index contributed by atoms with van der Waals surface area (Å²) in [4.78, 5) is 10.5. The SMILES string of the molecule is CC(c1nc2c(cc1F)OCCO2)N1CCC(Oc2ccnc(C#N)c2)CC1. The molecule has 28 heavy (non-hydrogen) atoms. The molecule has 2 aromatic rings. The summed E-state index contributed by atoms with van der Waals surface area (Å²) in [7, 11) is 0. The number of likely N-dealkylation sites (tertiary alicyclic amines) is 1. The fraction of sp³-hybridized carbons (Fsp3) is 0.450. The maximum Gasteiger partial charge on any atom is 0.257 e. The van der Waals surface area contributed by atoms with E-state index in [9.17, 15) is 4.39 Å². The van der Waals surface area contributed by atoms with Crippen LogP contribution in [-0.2, 0) is 0 Å². The number of hydrogen-bond donors (Lipinski definition) is 0. The Balaban J connectivity index is 1.39. The molecule has 0 N–H and O–H groups in total. The molecule has 0 radical (unpaired) electrons. The van der Waals surface area contributed by atoms with Crippen molar-refractivity contribution in [1.82, 2.24) is 14.9 Å². The number of pyridine rings is 2. The number of ether oxygens (including phenoxy) is 3. The molecule has 0 bridgehead atoms. The molecule has 2 aromatic heterocycles. The highest BCUT2D eigenvalue weighted by molar-refractivity contribution is 5.37. The van der Waals surface area contributed by atoms with Crippen molar-refractivity contribution in [2.24, 2.45) is 0 Å². The van der Waals surface area contributed by atoms with Gasteiger partial charge in [-0.1, -0.05) is 0 Å². The summed E-state index contributed by atoms with van der Waals surface area (Å²) < 4.78 is 31.4. The third-order valence-electron chi connectivity index (χ3n) is 5.08. The molecule has 7 nitrogen and oxygen atoms in total. The van der Waals surface area contributed by atoms with E-state index in [1.165, 1.54) is 6.07 Å². The summed E-state index contributed by atoms with van der Waals surface area (Å²) in [6, 6.07) is 6.59. The molecular formula is C20H21FN4O3. The lowest BCUT2D eigenvalue weighted by Gasteiger charge is -2.36. The van der Waals surface area contributed by atoms with Crippen LogP contribution in [0.15, 0.2) is 24.4 Å². The molecule has 2 aliphatic rings. The maximum atomic E-state index is 14.5. The zero-order chi connectivity index (χ0) is 19.5. The van der Waals surface area contributed by atoms with E-state index in [1.807, 2.05) is 13.0 Å². The molecule has 0 spiro atoms. The van der Waals surface area contributed by atoms with Crippen LogP contribution in [0, 0.1) is 17.1 Å². The van der Waals surface area contributed by atoms with Crippen LogP contribution in [-0.4, -0.2) is 47.3 Å². The van der Waals surface area contributed by atoms with Gasteiger partial charge < -0.3 is 14.2 Å². The van der Waals surface area contributed by atoms with Gasteiger partial charge in [0.05, 0.1) is 11.7 Å². The highest BCUT2D eigenvalue weighted by Crippen LogP contribution is 2.34. The van der Waals surface area contributed by atoms with Crippen molar-refractivity contribution in [3.8, 4) is 23.4 Å². The van der Waals surface area contributed by atoms with Gasteiger partial charge in [0.25, 0.3) is 5.88 Å². The van der Waals surface area contributed by atoms with Gasteiger partial charge in [-0.3, -0.25) is 4.90 Å². The van der Waals surface area contributed by atoms with E-state index < -0.39 is 0 Å². The van der Waals surface area contributed by atoms with Crippen molar-refractivity contribution < 1.29 is 18.6 Å². The molecule has 0 aromatic carbocycles. The second kappa shape index (κ2) is 7.98. The van der Waals surface area contributed by atoms with E-state index in [1.54, 1.807) is 18.3 Å². The van der Waals surface area contributed by atoms with Gasteiger partial charge in [0.1, 0.15) is 42.6 Å². The Morgan fingerprint density at radius 3 is 2.86 bits per heavy atom. The third kappa shape index (κ3) is 3.85. The molecule has 0 aliphatic carbocycles. The highest BCUT2D eigenvalue weighted by atomic mass is 19.1. The minimum Gasteiger partial charge on any atom is -0.490 e. The molecular weight excluding hydrogens is 363 g/mol. The third-order valence-corrected chi connectivity index (χ3v) is 5.08. The predicted octanol–water partition coefficient (Wildman–Crippen LogP) is 2.86. The summed E-state index contributed by atoms with van der Waals surface area (Å²) >= 11 is 0. The number of nitrogens with zero attached hydrogens (tertiary/aromatic N) is 4. The number of rotatable bonds is 4. The smallest absolute Gasteiger partial charge is 0.257 e. The average Bonchev–Trinajstić information content (AvgIpc) is 2.73. The van der Waals surface area contributed by atoms with Crippen molar-refractivity contribution in [1.29, 1.82) is 5.26 Å². The number of fused-ring (bicyclic) bond motifs is 1. The summed E-state index contributed by atoms with van der Waals surface area (Å²) in [5.74, 6) is 0.994. The first-order valence-corrected chi connectivity index (χ1v) is 9.37. The van der Waals surface area contributed by atoms with Crippen molar-refractivity contribution >= 4 is 0 Å². The Morgan fingerprint density at radius 2 is 2.07 bits per heavy atom. The summed E-state index contributed by atoms with van der Waals surface area (Å²) in [6.07, 6.45) is 3.23. The largest absolute Gasteiger partial charge is 0.490 e.